The van der Waals surface area contributed by atoms with E-state index in [2.05, 4.69) is 13.8 Å². The summed E-state index contributed by atoms with van der Waals surface area (Å²) in [5, 5.41) is 17.7. The quantitative estimate of drug-likeness (QED) is 0.388. The van der Waals surface area contributed by atoms with E-state index < -0.39 is 5.97 Å². The number of cyclic esters (lactones) is 1. The molecule has 1 rings (SSSR count). The van der Waals surface area contributed by atoms with Crippen LogP contribution in [0.1, 0.15) is 128 Å². The number of hydrogen-bond donors (Lipinski definition) is 2. The SMILES string of the molecule is C.C.C.C.C.C.C.C.CCC(C)(CO)CC(C)C(=O)O.CCC1(C)COC(=O)C(C)C1.[H+]. The van der Waals surface area contributed by atoms with Crippen molar-refractivity contribution in [3.8, 4) is 0 Å². The molecule has 31 heavy (non-hydrogen) atoms. The van der Waals surface area contributed by atoms with Gasteiger partial charge in [-0.25, -0.2) is 0 Å². The third-order valence-electron chi connectivity index (χ3n) is 5.07. The highest BCUT2D eigenvalue weighted by atomic mass is 16.5. The molecule has 1 saturated heterocycles. The van der Waals surface area contributed by atoms with E-state index in [1.165, 1.54) is 0 Å². The molecule has 0 aliphatic carbocycles. The molecule has 4 unspecified atom stereocenters. The summed E-state index contributed by atoms with van der Waals surface area (Å²) in [6.07, 6.45) is 3.41. The number of carbonyl (C=O) groups excluding carboxylic acids is 1. The van der Waals surface area contributed by atoms with Crippen molar-refractivity contribution in [3.63, 3.8) is 0 Å². The third kappa shape index (κ3) is 20.6. The number of esters is 1. The van der Waals surface area contributed by atoms with Gasteiger partial charge in [0.05, 0.1) is 18.4 Å². The molecule has 4 atom stereocenters. The molecule has 0 amide bonds. The highest BCUT2D eigenvalue weighted by Gasteiger charge is 2.34. The number of carboxylic acids is 1. The maximum absolute atomic E-state index is 11.0. The van der Waals surface area contributed by atoms with Crippen molar-refractivity contribution in [2.24, 2.45) is 22.7 Å². The first-order valence-electron chi connectivity index (χ1n) is 8.52. The van der Waals surface area contributed by atoms with Crippen LogP contribution in [0, 0.1) is 22.7 Å². The van der Waals surface area contributed by atoms with E-state index in [0.717, 1.165) is 19.3 Å². The van der Waals surface area contributed by atoms with Gasteiger partial charge in [-0.05, 0) is 31.1 Å². The first-order valence-corrected chi connectivity index (χ1v) is 8.52. The molecule has 0 aromatic carbocycles. The Morgan fingerprint density at radius 3 is 1.84 bits per heavy atom. The molecule has 5 nitrogen and oxygen atoms in total. The second-order valence-electron chi connectivity index (χ2n) is 7.64. The molecule has 0 spiro atoms. The van der Waals surface area contributed by atoms with E-state index in [0.29, 0.717) is 13.0 Å². The Labute approximate surface area is 200 Å². The fourth-order valence-electron chi connectivity index (χ4n) is 2.66. The van der Waals surface area contributed by atoms with Crippen LogP contribution in [0.5, 0.6) is 0 Å². The molecule has 0 aromatic heterocycles. The molecule has 1 aliphatic rings. The zero-order chi connectivity index (χ0) is 18.3. The summed E-state index contributed by atoms with van der Waals surface area (Å²) in [5.74, 6) is -1.10. The lowest BCUT2D eigenvalue weighted by Gasteiger charge is -2.34. The van der Waals surface area contributed by atoms with Crippen molar-refractivity contribution >= 4 is 11.9 Å². The van der Waals surface area contributed by atoms with Crippen LogP contribution < -0.4 is 0 Å². The Bertz CT molecular complexity index is 398. The molecule has 5 heteroatoms. The second-order valence-corrected chi connectivity index (χ2v) is 7.64. The number of aliphatic carboxylic acids is 1. The Kier molecular flexibility index (Phi) is 46.4. The lowest BCUT2D eigenvalue weighted by Crippen LogP contribution is -2.36. The molecule has 0 aromatic rings. The monoisotopic (exact) mass is 459 g/mol. The van der Waals surface area contributed by atoms with Gasteiger partial charge in [-0.15, -0.1) is 0 Å². The highest BCUT2D eigenvalue weighted by Crippen LogP contribution is 2.34. The lowest BCUT2D eigenvalue weighted by molar-refractivity contribution is -0.160. The number of ether oxygens (including phenoxy) is 1. The largest absolute Gasteiger partial charge is 1.00 e. The van der Waals surface area contributed by atoms with Crippen LogP contribution in [-0.4, -0.2) is 35.4 Å². The molecular formula is C26H67O5+. The van der Waals surface area contributed by atoms with E-state index in [9.17, 15) is 9.59 Å². The van der Waals surface area contributed by atoms with Crippen LogP contribution in [0.3, 0.4) is 0 Å². The van der Waals surface area contributed by atoms with Crippen molar-refractivity contribution in [2.45, 2.75) is 127 Å². The van der Waals surface area contributed by atoms with E-state index >= 15 is 0 Å². The van der Waals surface area contributed by atoms with Gasteiger partial charge in [0, 0.05) is 12.0 Å². The second kappa shape index (κ2) is 25.2. The molecule has 1 heterocycles. The molecule has 0 saturated carbocycles. The van der Waals surface area contributed by atoms with Gasteiger partial charge in [0.1, 0.15) is 0 Å². The molecule has 0 bridgehead atoms. The Morgan fingerprint density at radius 2 is 1.58 bits per heavy atom. The van der Waals surface area contributed by atoms with Gasteiger partial charge in [0.15, 0.2) is 0 Å². The van der Waals surface area contributed by atoms with Crippen LogP contribution in [0.15, 0.2) is 0 Å². The minimum absolute atomic E-state index is 0. The standard InChI is InChI=1S/C9H18O3.C9H16O2.8CH4/c1-4-9(3,6-10)5-7(2)8(11)12;1-4-9(3)5-7(2)8(10)11-6-9;;;;;;;;/h7,10H,4-6H2,1-3H3,(H,11,12);7H,4-6H2,1-3H3;8*1H4/p+1. The summed E-state index contributed by atoms with van der Waals surface area (Å²) < 4.78 is 5.06. The van der Waals surface area contributed by atoms with Gasteiger partial charge in [0.25, 0.3) is 0 Å². The number of rotatable bonds is 6. The number of hydrogen-bond acceptors (Lipinski definition) is 4. The van der Waals surface area contributed by atoms with Gasteiger partial charge in [-0.2, -0.15) is 0 Å². The number of aliphatic hydroxyl groups is 1. The number of carbonyl (C=O) groups is 2. The van der Waals surface area contributed by atoms with Crippen LogP contribution >= 0.6 is 0 Å². The molecule has 1 aliphatic heterocycles. The molecule has 2 N–H and O–H groups in total. The highest BCUT2D eigenvalue weighted by molar-refractivity contribution is 5.72. The fourth-order valence-corrected chi connectivity index (χ4v) is 2.66. The van der Waals surface area contributed by atoms with Crippen molar-refractivity contribution < 1.29 is 26.0 Å². The molecule has 200 valence electrons. The van der Waals surface area contributed by atoms with Gasteiger partial charge >= 0.3 is 13.4 Å². The summed E-state index contributed by atoms with van der Waals surface area (Å²) in [5.41, 5.74) is -0.00880. The van der Waals surface area contributed by atoms with Crippen LogP contribution in [-0.2, 0) is 14.3 Å². The molecule has 0 radical (unpaired) electrons. The molecule has 1 fully saturated rings. The topological polar surface area (TPSA) is 83.8 Å². The zero-order valence-corrected chi connectivity index (χ0v) is 15.5. The maximum atomic E-state index is 11.0. The number of carboxylic acid groups (broad SMARTS) is 1. The summed E-state index contributed by atoms with van der Waals surface area (Å²) in [6.45, 7) is 12.5. The minimum atomic E-state index is -0.789. The van der Waals surface area contributed by atoms with Gasteiger partial charge in [-0.3, -0.25) is 9.59 Å². The Morgan fingerprint density at radius 1 is 1.16 bits per heavy atom. The average Bonchev–Trinajstić information content (AvgIpc) is 2.51. The van der Waals surface area contributed by atoms with Crippen LogP contribution in [0.25, 0.3) is 0 Å². The van der Waals surface area contributed by atoms with Crippen LogP contribution in [0.2, 0.25) is 0 Å². The zero-order valence-electron chi connectivity index (χ0n) is 16.5. The average molecular weight is 460 g/mol. The predicted molar refractivity (Wildman–Crippen MR) is 145 cm³/mol. The van der Waals surface area contributed by atoms with E-state index in [1.54, 1.807) is 6.92 Å². The lowest BCUT2D eigenvalue weighted by atomic mass is 9.78. The first-order chi connectivity index (χ1) is 10.5. The van der Waals surface area contributed by atoms with E-state index in [1.807, 2.05) is 20.8 Å². The maximum Gasteiger partial charge on any atom is 1.00 e. The minimum Gasteiger partial charge on any atom is -0.481 e. The number of aliphatic hydroxyl groups excluding tert-OH is 1. The Balaban J connectivity index is -0.0000000295. The third-order valence-corrected chi connectivity index (χ3v) is 5.07. The van der Waals surface area contributed by atoms with Crippen molar-refractivity contribution in [2.75, 3.05) is 13.2 Å². The summed E-state index contributed by atoms with van der Waals surface area (Å²) >= 11 is 0. The Hall–Kier alpha value is -1.10. The van der Waals surface area contributed by atoms with E-state index in [4.69, 9.17) is 14.9 Å². The van der Waals surface area contributed by atoms with Gasteiger partial charge < -0.3 is 14.9 Å². The summed E-state index contributed by atoms with van der Waals surface area (Å²) in [4.78, 5) is 21.5. The van der Waals surface area contributed by atoms with Crippen LogP contribution in [0.4, 0.5) is 0 Å². The van der Waals surface area contributed by atoms with Crippen molar-refractivity contribution in [1.29, 1.82) is 0 Å². The van der Waals surface area contributed by atoms with E-state index in [-0.39, 0.29) is 96.1 Å². The van der Waals surface area contributed by atoms with Crippen molar-refractivity contribution in [1.82, 2.24) is 0 Å². The van der Waals surface area contributed by atoms with Crippen molar-refractivity contribution in [3.05, 3.63) is 0 Å². The smallest absolute Gasteiger partial charge is 0.481 e. The summed E-state index contributed by atoms with van der Waals surface area (Å²) in [7, 11) is 0. The summed E-state index contributed by atoms with van der Waals surface area (Å²) in [6, 6.07) is 0. The fraction of sp³-hybridized carbons (Fsp3) is 0.923. The van der Waals surface area contributed by atoms with Gasteiger partial charge in [0.2, 0.25) is 0 Å². The normalized spacial score (nSPS) is 20.7. The predicted octanol–water partition coefficient (Wildman–Crippen LogP) is 8.69. The molecular weight excluding hydrogens is 392 g/mol. The van der Waals surface area contributed by atoms with Gasteiger partial charge in [-0.1, -0.05) is 101 Å². The first kappa shape index (κ1) is 57.2.